The van der Waals surface area contributed by atoms with E-state index in [1.807, 2.05) is 43.9 Å². The molecule has 2 aromatic carbocycles. The third-order valence-corrected chi connectivity index (χ3v) is 6.67. The second-order valence-corrected chi connectivity index (χ2v) is 9.20. The lowest BCUT2D eigenvalue weighted by molar-refractivity contribution is -0.140. The molecule has 0 bridgehead atoms. The van der Waals surface area contributed by atoms with Gasteiger partial charge in [0.15, 0.2) is 0 Å². The maximum Gasteiger partial charge on any atom is 0.243 e. The van der Waals surface area contributed by atoms with Crippen molar-refractivity contribution in [1.29, 1.82) is 0 Å². The number of hydrogen-bond donors (Lipinski definition) is 1. The maximum atomic E-state index is 13.5. The average Bonchev–Trinajstić information content (AvgIpc) is 2.80. The lowest BCUT2D eigenvalue weighted by atomic mass is 9.95. The first-order chi connectivity index (χ1) is 15.5. The number of amides is 2. The summed E-state index contributed by atoms with van der Waals surface area (Å²) >= 11 is 0. The Hall–Kier alpha value is -2.62. The minimum absolute atomic E-state index is 0.00164. The zero-order valence-corrected chi connectivity index (χ0v) is 19.9. The maximum absolute atomic E-state index is 13.5. The summed E-state index contributed by atoms with van der Waals surface area (Å²) in [6, 6.07) is 16.2. The van der Waals surface area contributed by atoms with Gasteiger partial charge in [-0.25, -0.2) is 0 Å². The minimum atomic E-state index is -0.432. The predicted molar refractivity (Wildman–Crippen MR) is 131 cm³/mol. The summed E-state index contributed by atoms with van der Waals surface area (Å²) in [6.45, 7) is 6.65. The topological polar surface area (TPSA) is 49.4 Å². The minimum Gasteiger partial charge on any atom is -0.352 e. The number of hydrogen-bond acceptors (Lipinski definition) is 2. The Kier molecular flexibility index (Phi) is 8.90. The van der Waals surface area contributed by atoms with E-state index in [0.717, 1.165) is 36.0 Å². The van der Waals surface area contributed by atoms with Gasteiger partial charge < -0.3 is 10.2 Å². The molecule has 1 saturated carbocycles. The second kappa shape index (κ2) is 11.8. The molecule has 0 aromatic heterocycles. The van der Waals surface area contributed by atoms with Crippen molar-refractivity contribution in [3.8, 4) is 0 Å². The van der Waals surface area contributed by atoms with Gasteiger partial charge in [0.1, 0.15) is 6.04 Å². The highest BCUT2D eigenvalue weighted by molar-refractivity contribution is 5.88. The Morgan fingerprint density at radius 2 is 1.75 bits per heavy atom. The van der Waals surface area contributed by atoms with Crippen LogP contribution in [0.4, 0.5) is 0 Å². The van der Waals surface area contributed by atoms with Crippen molar-refractivity contribution < 1.29 is 9.59 Å². The number of nitrogens with zero attached hydrogens (tertiary/aromatic N) is 1. The Bertz CT molecular complexity index is 888. The van der Waals surface area contributed by atoms with E-state index in [9.17, 15) is 9.59 Å². The zero-order valence-electron chi connectivity index (χ0n) is 19.9. The van der Waals surface area contributed by atoms with E-state index in [1.165, 1.54) is 24.8 Å². The molecule has 0 radical (unpaired) electrons. The summed E-state index contributed by atoms with van der Waals surface area (Å²) in [4.78, 5) is 28.6. The second-order valence-electron chi connectivity index (χ2n) is 9.20. The molecular weight excluding hydrogens is 396 g/mol. The van der Waals surface area contributed by atoms with Gasteiger partial charge in [-0.3, -0.25) is 9.59 Å². The molecule has 4 heteroatoms. The summed E-state index contributed by atoms with van der Waals surface area (Å²) in [5.74, 6) is 0.0297. The molecule has 3 rings (SSSR count). The van der Waals surface area contributed by atoms with Crippen molar-refractivity contribution in [3.05, 3.63) is 70.8 Å². The van der Waals surface area contributed by atoms with Gasteiger partial charge in [0, 0.05) is 12.6 Å². The Morgan fingerprint density at radius 3 is 2.44 bits per heavy atom. The van der Waals surface area contributed by atoms with E-state index >= 15 is 0 Å². The van der Waals surface area contributed by atoms with Gasteiger partial charge in [0.25, 0.3) is 0 Å². The molecule has 1 fully saturated rings. The molecular formula is C28H38N2O2. The van der Waals surface area contributed by atoms with Gasteiger partial charge in [-0.05, 0) is 56.2 Å². The highest BCUT2D eigenvalue weighted by Gasteiger charge is 2.30. The van der Waals surface area contributed by atoms with E-state index in [1.54, 1.807) is 0 Å². The molecule has 172 valence electrons. The summed E-state index contributed by atoms with van der Waals surface area (Å²) < 4.78 is 0. The monoisotopic (exact) mass is 434 g/mol. The summed E-state index contributed by atoms with van der Waals surface area (Å²) in [6.07, 6.45) is 7.37. The first-order valence-electron chi connectivity index (χ1n) is 12.2. The molecule has 1 atom stereocenters. The van der Waals surface area contributed by atoms with Crippen molar-refractivity contribution in [2.24, 2.45) is 0 Å². The number of benzene rings is 2. The van der Waals surface area contributed by atoms with Crippen LogP contribution in [0, 0.1) is 13.8 Å². The van der Waals surface area contributed by atoms with Crippen LogP contribution in [0.1, 0.15) is 67.7 Å². The van der Waals surface area contributed by atoms with Gasteiger partial charge in [-0.15, -0.1) is 0 Å². The molecule has 2 aromatic rings. The van der Waals surface area contributed by atoms with E-state index in [0.29, 0.717) is 19.4 Å². The fourth-order valence-electron chi connectivity index (χ4n) is 4.70. The van der Waals surface area contributed by atoms with E-state index < -0.39 is 6.04 Å². The molecule has 1 aliphatic carbocycles. The molecule has 0 heterocycles. The number of aryl methyl sites for hydroxylation is 2. The van der Waals surface area contributed by atoms with Crippen molar-refractivity contribution in [2.75, 3.05) is 6.54 Å². The van der Waals surface area contributed by atoms with Gasteiger partial charge in [0.2, 0.25) is 11.8 Å². The zero-order chi connectivity index (χ0) is 22.9. The average molecular weight is 435 g/mol. The lowest BCUT2D eigenvalue weighted by Gasteiger charge is -2.33. The van der Waals surface area contributed by atoms with Gasteiger partial charge >= 0.3 is 0 Å². The van der Waals surface area contributed by atoms with Crippen molar-refractivity contribution in [1.82, 2.24) is 10.2 Å². The highest BCUT2D eigenvalue weighted by Crippen LogP contribution is 2.19. The van der Waals surface area contributed by atoms with Crippen LogP contribution in [0.2, 0.25) is 0 Å². The molecule has 0 saturated heterocycles. The SMILES string of the molecule is CCC(C(=O)NC1CCCCC1)N(CCc1ccccc1)C(=O)Cc1cc(C)ccc1C. The smallest absolute Gasteiger partial charge is 0.243 e. The van der Waals surface area contributed by atoms with E-state index in [4.69, 9.17) is 0 Å². The van der Waals surface area contributed by atoms with Crippen LogP contribution < -0.4 is 5.32 Å². The molecule has 1 unspecified atom stereocenters. The van der Waals surface area contributed by atoms with Crippen LogP contribution in [0.15, 0.2) is 48.5 Å². The predicted octanol–water partition coefficient (Wildman–Crippen LogP) is 5.14. The number of rotatable bonds is 9. The summed E-state index contributed by atoms with van der Waals surface area (Å²) in [7, 11) is 0. The Morgan fingerprint density at radius 1 is 1.03 bits per heavy atom. The first kappa shape index (κ1) is 24.0. The largest absolute Gasteiger partial charge is 0.352 e. The van der Waals surface area contributed by atoms with E-state index in [2.05, 4.69) is 35.6 Å². The van der Waals surface area contributed by atoms with Crippen LogP contribution >= 0.6 is 0 Å². The van der Waals surface area contributed by atoms with Gasteiger partial charge in [0.05, 0.1) is 6.42 Å². The fourth-order valence-corrected chi connectivity index (χ4v) is 4.70. The highest BCUT2D eigenvalue weighted by atomic mass is 16.2. The third-order valence-electron chi connectivity index (χ3n) is 6.67. The number of carbonyl (C=O) groups excluding carboxylic acids is 2. The molecule has 1 N–H and O–H groups in total. The van der Waals surface area contributed by atoms with Crippen molar-refractivity contribution in [2.45, 2.75) is 84.2 Å². The van der Waals surface area contributed by atoms with Crippen LogP contribution in [0.5, 0.6) is 0 Å². The summed E-state index contributed by atoms with van der Waals surface area (Å²) in [5, 5.41) is 3.25. The Labute approximate surface area is 193 Å². The standard InChI is InChI=1S/C28H38N2O2/c1-4-26(28(32)29-25-13-9-6-10-14-25)30(18-17-23-11-7-5-8-12-23)27(31)20-24-19-21(2)15-16-22(24)3/h5,7-8,11-12,15-16,19,25-26H,4,6,9-10,13-14,17-18,20H2,1-3H3,(H,29,32). The summed E-state index contributed by atoms with van der Waals surface area (Å²) in [5.41, 5.74) is 4.49. The first-order valence-corrected chi connectivity index (χ1v) is 12.2. The molecule has 0 spiro atoms. The van der Waals surface area contributed by atoms with Crippen LogP contribution in [0.3, 0.4) is 0 Å². The molecule has 0 aliphatic heterocycles. The van der Waals surface area contributed by atoms with Crippen LogP contribution in [-0.4, -0.2) is 35.3 Å². The van der Waals surface area contributed by atoms with Crippen molar-refractivity contribution in [3.63, 3.8) is 0 Å². The van der Waals surface area contributed by atoms with E-state index in [-0.39, 0.29) is 17.9 Å². The quantitative estimate of drug-likeness (QED) is 0.594. The number of nitrogens with one attached hydrogen (secondary N) is 1. The van der Waals surface area contributed by atoms with Crippen molar-refractivity contribution >= 4 is 11.8 Å². The van der Waals surface area contributed by atoms with Gasteiger partial charge in [-0.2, -0.15) is 0 Å². The molecule has 32 heavy (non-hydrogen) atoms. The Balaban J connectivity index is 1.77. The third kappa shape index (κ3) is 6.69. The molecule has 2 amide bonds. The molecule has 4 nitrogen and oxygen atoms in total. The molecule has 1 aliphatic rings. The fraction of sp³-hybridized carbons (Fsp3) is 0.500. The van der Waals surface area contributed by atoms with Crippen LogP contribution in [0.25, 0.3) is 0 Å². The normalized spacial score (nSPS) is 15.2. The number of carbonyl (C=O) groups is 2. The lowest BCUT2D eigenvalue weighted by Crippen LogP contribution is -2.52. The van der Waals surface area contributed by atoms with Crippen LogP contribution in [-0.2, 0) is 22.4 Å². The van der Waals surface area contributed by atoms with Gasteiger partial charge in [-0.1, -0.05) is 80.3 Å².